The molecule has 1 heterocycles. The van der Waals surface area contributed by atoms with Gasteiger partial charge in [0, 0.05) is 32.2 Å². The highest BCUT2D eigenvalue weighted by atomic mass is 35.5. The van der Waals surface area contributed by atoms with Gasteiger partial charge < -0.3 is 15.5 Å². The van der Waals surface area contributed by atoms with Crippen LogP contribution in [-0.2, 0) is 4.79 Å². The molecule has 3 saturated carbocycles. The lowest BCUT2D eigenvalue weighted by Crippen LogP contribution is -2.48. The summed E-state index contributed by atoms with van der Waals surface area (Å²) in [6, 6.07) is 0.137. The van der Waals surface area contributed by atoms with E-state index in [1.807, 2.05) is 0 Å². The SMILES string of the molecule is Cl.Cl.NC1C2CCC(C2)C1C(=O)N1CCCN(CC2CCCCC2)CC1. The van der Waals surface area contributed by atoms with Crippen LogP contribution in [0.2, 0.25) is 0 Å². The summed E-state index contributed by atoms with van der Waals surface area (Å²) < 4.78 is 0. The third-order valence-electron chi connectivity index (χ3n) is 7.41. The average Bonchev–Trinajstić information content (AvgIpc) is 3.10. The average molecular weight is 406 g/mol. The van der Waals surface area contributed by atoms with E-state index in [0.29, 0.717) is 17.7 Å². The monoisotopic (exact) mass is 405 g/mol. The molecule has 1 amide bonds. The van der Waals surface area contributed by atoms with Crippen LogP contribution in [0.15, 0.2) is 0 Å². The van der Waals surface area contributed by atoms with Gasteiger partial charge in [0.25, 0.3) is 0 Å². The van der Waals surface area contributed by atoms with Crippen molar-refractivity contribution < 1.29 is 4.79 Å². The van der Waals surface area contributed by atoms with Crippen LogP contribution < -0.4 is 5.73 Å². The fraction of sp³-hybridized carbons (Fsp3) is 0.950. The van der Waals surface area contributed by atoms with Crippen LogP contribution in [0.4, 0.5) is 0 Å². The van der Waals surface area contributed by atoms with Crippen LogP contribution in [0.25, 0.3) is 0 Å². The predicted octanol–water partition coefficient (Wildman–Crippen LogP) is 3.32. The second kappa shape index (κ2) is 9.95. The Morgan fingerprint density at radius 1 is 0.846 bits per heavy atom. The minimum atomic E-state index is 0. The van der Waals surface area contributed by atoms with E-state index in [0.717, 1.165) is 32.0 Å². The standard InChI is InChI=1S/C20H35N3O.2ClH/c21-19-17-8-7-16(13-17)18(19)20(24)23-10-4-9-22(11-12-23)14-15-5-2-1-3-6-15;;/h15-19H,1-14,21H2;2*1H. The zero-order valence-corrected chi connectivity index (χ0v) is 17.6. The number of halogens is 2. The maximum atomic E-state index is 13.1. The number of hydrogen-bond donors (Lipinski definition) is 1. The molecule has 0 aromatic carbocycles. The number of rotatable bonds is 3. The first-order chi connectivity index (χ1) is 11.7. The zero-order chi connectivity index (χ0) is 16.5. The van der Waals surface area contributed by atoms with E-state index in [2.05, 4.69) is 9.80 Å². The molecule has 4 nitrogen and oxygen atoms in total. The summed E-state index contributed by atoms with van der Waals surface area (Å²) in [6.07, 6.45) is 11.9. The van der Waals surface area contributed by atoms with Crippen molar-refractivity contribution >= 4 is 30.7 Å². The fourth-order valence-corrected chi connectivity index (χ4v) is 6.02. The van der Waals surface area contributed by atoms with Gasteiger partial charge in [0.2, 0.25) is 5.91 Å². The second-order valence-electron chi connectivity index (χ2n) is 8.92. The van der Waals surface area contributed by atoms with Gasteiger partial charge in [-0.2, -0.15) is 0 Å². The van der Waals surface area contributed by atoms with Crippen LogP contribution in [0, 0.1) is 23.7 Å². The Morgan fingerprint density at radius 3 is 2.27 bits per heavy atom. The van der Waals surface area contributed by atoms with Gasteiger partial charge in [-0.25, -0.2) is 0 Å². The molecule has 0 aromatic heterocycles. The molecule has 4 atom stereocenters. The van der Waals surface area contributed by atoms with Crippen LogP contribution in [0.3, 0.4) is 0 Å². The third-order valence-corrected chi connectivity index (χ3v) is 7.41. The molecule has 0 radical (unpaired) electrons. The van der Waals surface area contributed by atoms with Crippen molar-refractivity contribution in [2.45, 2.75) is 63.8 Å². The van der Waals surface area contributed by atoms with Gasteiger partial charge >= 0.3 is 0 Å². The molecular weight excluding hydrogens is 369 g/mol. The lowest BCUT2D eigenvalue weighted by molar-refractivity contribution is -0.137. The van der Waals surface area contributed by atoms with Crippen LogP contribution in [-0.4, -0.2) is 54.5 Å². The lowest BCUT2D eigenvalue weighted by Gasteiger charge is -2.32. The first-order valence-electron chi connectivity index (χ1n) is 10.5. The minimum absolute atomic E-state index is 0. The summed E-state index contributed by atoms with van der Waals surface area (Å²) in [5, 5.41) is 0. The molecule has 0 spiro atoms. The first-order valence-corrected chi connectivity index (χ1v) is 10.5. The number of carbonyl (C=O) groups excluding carboxylic acids is 1. The van der Waals surface area contributed by atoms with Crippen LogP contribution >= 0.6 is 24.8 Å². The number of fused-ring (bicyclic) bond motifs is 2. The van der Waals surface area contributed by atoms with Crippen LogP contribution in [0.5, 0.6) is 0 Å². The third kappa shape index (κ3) is 4.68. The van der Waals surface area contributed by atoms with E-state index in [-0.39, 0.29) is 36.8 Å². The summed E-state index contributed by atoms with van der Waals surface area (Å²) in [7, 11) is 0. The van der Waals surface area contributed by atoms with E-state index in [9.17, 15) is 4.79 Å². The Balaban J connectivity index is 0.00000121. The van der Waals surface area contributed by atoms with E-state index >= 15 is 0 Å². The highest BCUT2D eigenvalue weighted by Crippen LogP contribution is 2.48. The molecule has 1 saturated heterocycles. The highest BCUT2D eigenvalue weighted by Gasteiger charge is 2.50. The van der Waals surface area contributed by atoms with Crippen molar-refractivity contribution in [1.29, 1.82) is 0 Å². The first kappa shape index (κ1) is 22.3. The Hall–Kier alpha value is -0.0300. The van der Waals surface area contributed by atoms with Gasteiger partial charge in [0.1, 0.15) is 0 Å². The van der Waals surface area contributed by atoms with Gasteiger partial charge in [-0.05, 0) is 62.8 Å². The van der Waals surface area contributed by atoms with Gasteiger partial charge in [-0.3, -0.25) is 4.79 Å². The maximum absolute atomic E-state index is 13.1. The Kier molecular flexibility index (Phi) is 8.52. The normalized spacial score (nSPS) is 35.5. The molecule has 4 fully saturated rings. The van der Waals surface area contributed by atoms with Gasteiger partial charge in [-0.1, -0.05) is 19.3 Å². The van der Waals surface area contributed by atoms with Crippen molar-refractivity contribution in [2.24, 2.45) is 29.4 Å². The summed E-state index contributed by atoms with van der Waals surface area (Å²) in [4.78, 5) is 17.9. The maximum Gasteiger partial charge on any atom is 0.227 e. The summed E-state index contributed by atoms with van der Waals surface area (Å²) in [6.45, 7) is 5.36. The van der Waals surface area contributed by atoms with E-state index < -0.39 is 0 Å². The molecule has 0 aromatic rings. The smallest absolute Gasteiger partial charge is 0.227 e. The molecule has 6 heteroatoms. The fourth-order valence-electron chi connectivity index (χ4n) is 6.02. The van der Waals surface area contributed by atoms with Gasteiger partial charge in [-0.15, -0.1) is 24.8 Å². The quantitative estimate of drug-likeness (QED) is 0.782. The van der Waals surface area contributed by atoms with Crippen molar-refractivity contribution in [3.05, 3.63) is 0 Å². The molecule has 4 unspecified atom stereocenters. The summed E-state index contributed by atoms with van der Waals surface area (Å²) in [5.41, 5.74) is 6.40. The summed E-state index contributed by atoms with van der Waals surface area (Å²) in [5.74, 6) is 2.63. The molecule has 4 rings (SSSR count). The van der Waals surface area contributed by atoms with E-state index in [4.69, 9.17) is 5.73 Å². The molecule has 2 bridgehead atoms. The second-order valence-corrected chi connectivity index (χ2v) is 8.92. The van der Waals surface area contributed by atoms with E-state index in [1.165, 1.54) is 64.5 Å². The molecule has 152 valence electrons. The minimum Gasteiger partial charge on any atom is -0.341 e. The predicted molar refractivity (Wildman–Crippen MR) is 111 cm³/mol. The number of nitrogens with zero attached hydrogens (tertiary/aromatic N) is 2. The topological polar surface area (TPSA) is 49.6 Å². The van der Waals surface area contributed by atoms with Gasteiger partial charge in [0.05, 0.1) is 5.92 Å². The van der Waals surface area contributed by atoms with Gasteiger partial charge in [0.15, 0.2) is 0 Å². The molecule has 2 N–H and O–H groups in total. The molecule has 26 heavy (non-hydrogen) atoms. The Morgan fingerprint density at radius 2 is 1.58 bits per heavy atom. The largest absolute Gasteiger partial charge is 0.341 e. The van der Waals surface area contributed by atoms with E-state index in [1.54, 1.807) is 0 Å². The van der Waals surface area contributed by atoms with Crippen LogP contribution in [0.1, 0.15) is 57.8 Å². The van der Waals surface area contributed by atoms with Crippen molar-refractivity contribution in [2.75, 3.05) is 32.7 Å². The number of amides is 1. The number of hydrogen-bond acceptors (Lipinski definition) is 3. The Bertz CT molecular complexity index is 456. The Labute approximate surface area is 171 Å². The van der Waals surface area contributed by atoms with Crippen molar-refractivity contribution in [1.82, 2.24) is 9.80 Å². The highest BCUT2D eigenvalue weighted by molar-refractivity contribution is 5.85. The molecule has 1 aliphatic heterocycles. The number of carbonyl (C=O) groups is 1. The molecular formula is C20H37Cl2N3O. The number of nitrogens with two attached hydrogens (primary N) is 1. The lowest BCUT2D eigenvalue weighted by atomic mass is 9.84. The summed E-state index contributed by atoms with van der Waals surface area (Å²) >= 11 is 0. The van der Waals surface area contributed by atoms with Crippen molar-refractivity contribution in [3.63, 3.8) is 0 Å². The zero-order valence-electron chi connectivity index (χ0n) is 16.0. The molecule has 4 aliphatic rings. The van der Waals surface area contributed by atoms with Crippen molar-refractivity contribution in [3.8, 4) is 0 Å². The molecule has 3 aliphatic carbocycles.